The van der Waals surface area contributed by atoms with Crippen molar-refractivity contribution < 1.29 is 14.4 Å². The van der Waals surface area contributed by atoms with Gasteiger partial charge in [0.2, 0.25) is 0 Å². The molecule has 0 aromatic rings. The maximum absolute atomic E-state index is 11.7. The highest BCUT2D eigenvalue weighted by molar-refractivity contribution is 5.78. The van der Waals surface area contributed by atoms with E-state index in [2.05, 4.69) is 27.7 Å². The average Bonchev–Trinajstić information content (AvgIpc) is 2.40. The van der Waals surface area contributed by atoms with Crippen LogP contribution in [0.25, 0.3) is 0 Å². The number of hydroxylamine groups is 2. The van der Waals surface area contributed by atoms with E-state index in [0.29, 0.717) is 0 Å². The second kappa shape index (κ2) is 4.25. The molecule has 1 rings (SSSR count). The SMILES string of the molecule is COC(=O)C(C)(C)ON1C(C)(C)CCC1(C)C. The highest BCUT2D eigenvalue weighted by Crippen LogP contribution is 2.42. The summed E-state index contributed by atoms with van der Waals surface area (Å²) in [6.45, 7) is 12.0. The Balaban J connectivity index is 2.89. The topological polar surface area (TPSA) is 38.8 Å². The van der Waals surface area contributed by atoms with Gasteiger partial charge in [0.1, 0.15) is 0 Å². The molecule has 0 radical (unpaired) electrons. The van der Waals surface area contributed by atoms with E-state index in [-0.39, 0.29) is 17.0 Å². The Morgan fingerprint density at radius 1 is 1.12 bits per heavy atom. The molecule has 1 heterocycles. The van der Waals surface area contributed by atoms with Crippen LogP contribution < -0.4 is 0 Å². The molecule has 0 aliphatic carbocycles. The van der Waals surface area contributed by atoms with Crippen LogP contribution in [0.4, 0.5) is 0 Å². The van der Waals surface area contributed by atoms with Crippen molar-refractivity contribution in [1.29, 1.82) is 0 Å². The standard InChI is InChI=1S/C13H25NO3/c1-11(2)8-9-12(3,4)14(11)17-13(5,6)10(15)16-7/h8-9H2,1-7H3. The van der Waals surface area contributed by atoms with Crippen molar-refractivity contribution in [2.24, 2.45) is 0 Å². The molecular formula is C13H25NO3. The number of carbonyl (C=O) groups is 1. The molecule has 17 heavy (non-hydrogen) atoms. The molecular weight excluding hydrogens is 218 g/mol. The van der Waals surface area contributed by atoms with E-state index in [0.717, 1.165) is 12.8 Å². The number of rotatable bonds is 3. The molecule has 1 saturated heterocycles. The number of ether oxygens (including phenoxy) is 1. The summed E-state index contributed by atoms with van der Waals surface area (Å²) in [5.74, 6) is -0.351. The van der Waals surface area contributed by atoms with Crippen LogP contribution in [0.2, 0.25) is 0 Å². The van der Waals surface area contributed by atoms with Gasteiger partial charge in [-0.1, -0.05) is 0 Å². The summed E-state index contributed by atoms with van der Waals surface area (Å²) in [5, 5.41) is 1.96. The quantitative estimate of drug-likeness (QED) is 0.714. The Kier molecular flexibility index (Phi) is 3.61. The van der Waals surface area contributed by atoms with Crippen molar-refractivity contribution in [3.8, 4) is 0 Å². The second-order valence-corrected chi connectivity index (χ2v) is 6.51. The van der Waals surface area contributed by atoms with Crippen LogP contribution in [-0.2, 0) is 14.4 Å². The largest absolute Gasteiger partial charge is 0.467 e. The van der Waals surface area contributed by atoms with Crippen LogP contribution in [-0.4, -0.2) is 34.8 Å². The van der Waals surface area contributed by atoms with Crippen molar-refractivity contribution >= 4 is 5.97 Å². The molecule has 1 fully saturated rings. The monoisotopic (exact) mass is 243 g/mol. The molecule has 1 aliphatic heterocycles. The Morgan fingerprint density at radius 2 is 1.53 bits per heavy atom. The fourth-order valence-electron chi connectivity index (χ4n) is 2.39. The zero-order chi connectivity index (χ0) is 13.5. The first-order chi connectivity index (χ1) is 7.53. The lowest BCUT2D eigenvalue weighted by Gasteiger charge is -2.42. The third-order valence-electron chi connectivity index (χ3n) is 3.44. The molecule has 4 nitrogen and oxygen atoms in total. The Labute approximate surface area is 104 Å². The maximum atomic E-state index is 11.7. The van der Waals surface area contributed by atoms with Gasteiger partial charge in [-0.3, -0.25) is 4.84 Å². The molecule has 0 aromatic carbocycles. The van der Waals surface area contributed by atoms with E-state index in [4.69, 9.17) is 9.57 Å². The normalized spacial score (nSPS) is 23.7. The summed E-state index contributed by atoms with van der Waals surface area (Å²) < 4.78 is 4.77. The Bertz CT molecular complexity index is 292. The minimum Gasteiger partial charge on any atom is -0.467 e. The van der Waals surface area contributed by atoms with E-state index >= 15 is 0 Å². The van der Waals surface area contributed by atoms with E-state index in [1.165, 1.54) is 7.11 Å². The third kappa shape index (κ3) is 2.80. The van der Waals surface area contributed by atoms with Gasteiger partial charge in [-0.2, -0.15) is 5.06 Å². The van der Waals surface area contributed by atoms with Crippen molar-refractivity contribution in [3.63, 3.8) is 0 Å². The maximum Gasteiger partial charge on any atom is 0.339 e. The van der Waals surface area contributed by atoms with Gasteiger partial charge in [-0.15, -0.1) is 0 Å². The first-order valence-corrected chi connectivity index (χ1v) is 6.11. The van der Waals surface area contributed by atoms with E-state index in [1.54, 1.807) is 13.8 Å². The minimum absolute atomic E-state index is 0.0607. The molecule has 0 saturated carbocycles. The highest BCUT2D eigenvalue weighted by atomic mass is 16.7. The lowest BCUT2D eigenvalue weighted by atomic mass is 10.0. The lowest BCUT2D eigenvalue weighted by Crippen LogP contribution is -2.54. The van der Waals surface area contributed by atoms with Crippen LogP contribution in [0.15, 0.2) is 0 Å². The number of nitrogens with zero attached hydrogens (tertiary/aromatic N) is 1. The van der Waals surface area contributed by atoms with Gasteiger partial charge < -0.3 is 4.74 Å². The predicted molar refractivity (Wildman–Crippen MR) is 66.4 cm³/mol. The molecule has 0 atom stereocenters. The van der Waals surface area contributed by atoms with Gasteiger partial charge in [-0.25, -0.2) is 4.79 Å². The second-order valence-electron chi connectivity index (χ2n) is 6.51. The zero-order valence-electron chi connectivity index (χ0n) is 12.1. The first-order valence-electron chi connectivity index (χ1n) is 6.11. The van der Waals surface area contributed by atoms with Crippen molar-refractivity contribution in [1.82, 2.24) is 5.06 Å². The summed E-state index contributed by atoms with van der Waals surface area (Å²) in [4.78, 5) is 17.6. The lowest BCUT2D eigenvalue weighted by molar-refractivity contribution is -0.294. The summed E-state index contributed by atoms with van der Waals surface area (Å²) >= 11 is 0. The summed E-state index contributed by atoms with van der Waals surface area (Å²) in [7, 11) is 1.38. The van der Waals surface area contributed by atoms with Crippen LogP contribution in [0.5, 0.6) is 0 Å². The smallest absolute Gasteiger partial charge is 0.339 e. The molecule has 0 bridgehead atoms. The average molecular weight is 243 g/mol. The third-order valence-corrected chi connectivity index (χ3v) is 3.44. The van der Waals surface area contributed by atoms with Gasteiger partial charge in [0.15, 0.2) is 5.60 Å². The molecule has 0 spiro atoms. The molecule has 0 amide bonds. The number of methoxy groups -OCH3 is 1. The van der Waals surface area contributed by atoms with Crippen molar-refractivity contribution in [2.45, 2.75) is 71.1 Å². The number of carbonyl (C=O) groups excluding carboxylic acids is 1. The van der Waals surface area contributed by atoms with Gasteiger partial charge in [-0.05, 0) is 54.4 Å². The summed E-state index contributed by atoms with van der Waals surface area (Å²) in [6.07, 6.45) is 2.11. The number of esters is 1. The van der Waals surface area contributed by atoms with Gasteiger partial charge in [0, 0.05) is 11.1 Å². The zero-order valence-corrected chi connectivity index (χ0v) is 12.1. The summed E-state index contributed by atoms with van der Waals surface area (Å²) in [6, 6.07) is 0. The fraction of sp³-hybridized carbons (Fsp3) is 0.923. The predicted octanol–water partition coefficient (Wildman–Crippen LogP) is 2.52. The van der Waals surface area contributed by atoms with Gasteiger partial charge >= 0.3 is 5.97 Å². The highest BCUT2D eigenvalue weighted by Gasteiger charge is 2.49. The van der Waals surface area contributed by atoms with Gasteiger partial charge in [0.25, 0.3) is 0 Å². The molecule has 100 valence electrons. The van der Waals surface area contributed by atoms with E-state index in [1.807, 2.05) is 5.06 Å². The minimum atomic E-state index is -0.951. The Morgan fingerprint density at radius 3 is 1.88 bits per heavy atom. The summed E-state index contributed by atoms with van der Waals surface area (Å²) in [5.41, 5.74) is -1.07. The van der Waals surface area contributed by atoms with Crippen molar-refractivity contribution in [3.05, 3.63) is 0 Å². The molecule has 4 heteroatoms. The van der Waals surface area contributed by atoms with E-state index in [9.17, 15) is 4.79 Å². The first kappa shape index (κ1) is 14.5. The molecule has 0 N–H and O–H groups in total. The Hall–Kier alpha value is -0.610. The number of hydrogen-bond donors (Lipinski definition) is 0. The number of hydrogen-bond acceptors (Lipinski definition) is 4. The van der Waals surface area contributed by atoms with Crippen molar-refractivity contribution in [2.75, 3.05) is 7.11 Å². The molecule has 0 aromatic heterocycles. The fourth-order valence-corrected chi connectivity index (χ4v) is 2.39. The molecule has 0 unspecified atom stereocenters. The van der Waals surface area contributed by atoms with E-state index < -0.39 is 5.60 Å². The van der Waals surface area contributed by atoms with Crippen LogP contribution >= 0.6 is 0 Å². The van der Waals surface area contributed by atoms with Crippen LogP contribution in [0, 0.1) is 0 Å². The molecule has 1 aliphatic rings. The van der Waals surface area contributed by atoms with Crippen LogP contribution in [0.3, 0.4) is 0 Å². The van der Waals surface area contributed by atoms with Crippen LogP contribution in [0.1, 0.15) is 54.4 Å². The van der Waals surface area contributed by atoms with Gasteiger partial charge in [0.05, 0.1) is 7.11 Å².